The van der Waals surface area contributed by atoms with E-state index in [1.54, 1.807) is 26.8 Å². The van der Waals surface area contributed by atoms with Gasteiger partial charge in [0.15, 0.2) is 11.5 Å². The largest absolute Gasteiger partial charge is 0.493 e. The van der Waals surface area contributed by atoms with Crippen LogP contribution in [0.3, 0.4) is 0 Å². The van der Waals surface area contributed by atoms with Crippen LogP contribution in [-0.2, 0) is 11.2 Å². The Kier molecular flexibility index (Phi) is 7.84. The van der Waals surface area contributed by atoms with E-state index < -0.39 is 11.7 Å². The molecule has 2 rings (SSSR count). The summed E-state index contributed by atoms with van der Waals surface area (Å²) in [6.07, 6.45) is 3.17. The van der Waals surface area contributed by atoms with Crippen LogP contribution in [0.1, 0.15) is 52.8 Å². The Balaban J connectivity index is 1.81. The first-order valence-corrected chi connectivity index (χ1v) is 9.58. The first kappa shape index (κ1) is 21.7. The van der Waals surface area contributed by atoms with Gasteiger partial charge in [-0.3, -0.25) is 0 Å². The average Bonchev–Trinajstić information content (AvgIpc) is 3.03. The number of unbranched alkanes of at least 4 members (excludes halogenated alkanes) is 1. The summed E-state index contributed by atoms with van der Waals surface area (Å²) in [5.74, 6) is 1.36. The lowest BCUT2D eigenvalue weighted by Crippen LogP contribution is -2.33. The summed E-state index contributed by atoms with van der Waals surface area (Å²) >= 11 is 0. The van der Waals surface area contributed by atoms with Crippen LogP contribution in [0.5, 0.6) is 5.75 Å². The number of ether oxygens (including phenoxy) is 2. The van der Waals surface area contributed by atoms with Crippen LogP contribution in [0.25, 0.3) is 11.1 Å². The zero-order valence-electron chi connectivity index (χ0n) is 17.0. The van der Waals surface area contributed by atoms with Gasteiger partial charge in [-0.05, 0) is 44.9 Å². The van der Waals surface area contributed by atoms with Gasteiger partial charge in [0.1, 0.15) is 16.9 Å². The Morgan fingerprint density at radius 2 is 2.14 bits per heavy atom. The van der Waals surface area contributed by atoms with Gasteiger partial charge in [-0.25, -0.2) is 14.2 Å². The zero-order chi connectivity index (χ0) is 20.6. The van der Waals surface area contributed by atoms with Crippen molar-refractivity contribution in [3.63, 3.8) is 0 Å². The van der Waals surface area contributed by atoms with Crippen molar-refractivity contribution in [2.24, 2.45) is 0 Å². The molecule has 0 spiro atoms. The fourth-order valence-electron chi connectivity index (χ4n) is 2.46. The minimum atomic E-state index is -0.595. The topological polar surface area (TPSA) is 73.6 Å². The maximum Gasteiger partial charge on any atom is 0.407 e. The SMILES string of the molecule is CCCCc1nc2ccc(OCCC(=CF)CNC(=O)OC(C)(C)C)cc2o1. The first-order valence-electron chi connectivity index (χ1n) is 9.58. The number of aryl methyl sites for hydroxylation is 1. The minimum Gasteiger partial charge on any atom is -0.493 e. The highest BCUT2D eigenvalue weighted by molar-refractivity contribution is 5.74. The van der Waals surface area contributed by atoms with Gasteiger partial charge in [0.2, 0.25) is 0 Å². The number of halogens is 1. The third-order valence-electron chi connectivity index (χ3n) is 3.85. The minimum absolute atomic E-state index is 0.0662. The van der Waals surface area contributed by atoms with Crippen LogP contribution in [0, 0.1) is 0 Å². The van der Waals surface area contributed by atoms with Crippen LogP contribution in [-0.4, -0.2) is 29.8 Å². The number of carbonyl (C=O) groups is 1. The number of nitrogens with one attached hydrogen (secondary N) is 1. The van der Waals surface area contributed by atoms with E-state index >= 15 is 0 Å². The second kappa shape index (κ2) is 10.1. The van der Waals surface area contributed by atoms with Gasteiger partial charge in [0.05, 0.1) is 12.9 Å². The van der Waals surface area contributed by atoms with Crippen molar-refractivity contribution < 1.29 is 23.1 Å². The zero-order valence-corrected chi connectivity index (χ0v) is 17.0. The number of alkyl carbamates (subject to hydrolysis) is 1. The molecule has 0 aliphatic heterocycles. The van der Waals surface area contributed by atoms with E-state index in [9.17, 15) is 9.18 Å². The van der Waals surface area contributed by atoms with Gasteiger partial charge in [0.25, 0.3) is 0 Å². The van der Waals surface area contributed by atoms with Gasteiger partial charge in [-0.2, -0.15) is 0 Å². The molecule has 1 aromatic carbocycles. The summed E-state index contributed by atoms with van der Waals surface area (Å²) in [5.41, 5.74) is 1.29. The lowest BCUT2D eigenvalue weighted by atomic mass is 10.2. The number of benzene rings is 1. The highest BCUT2D eigenvalue weighted by atomic mass is 19.1. The number of fused-ring (bicyclic) bond motifs is 1. The summed E-state index contributed by atoms with van der Waals surface area (Å²) in [4.78, 5) is 16.1. The Morgan fingerprint density at radius 3 is 2.82 bits per heavy atom. The second-order valence-corrected chi connectivity index (χ2v) is 7.56. The monoisotopic (exact) mass is 392 g/mol. The second-order valence-electron chi connectivity index (χ2n) is 7.56. The fraction of sp³-hybridized carbons (Fsp3) is 0.524. The molecule has 2 aromatic rings. The lowest BCUT2D eigenvalue weighted by Gasteiger charge is -2.20. The van der Waals surface area contributed by atoms with Crippen molar-refractivity contribution >= 4 is 17.2 Å². The van der Waals surface area contributed by atoms with Crippen molar-refractivity contribution in [3.05, 3.63) is 36.0 Å². The quantitative estimate of drug-likeness (QED) is 0.625. The highest BCUT2D eigenvalue weighted by Gasteiger charge is 2.16. The van der Waals surface area contributed by atoms with Gasteiger partial charge in [-0.15, -0.1) is 0 Å². The molecule has 28 heavy (non-hydrogen) atoms. The van der Waals surface area contributed by atoms with E-state index in [0.717, 1.165) is 30.7 Å². The molecule has 0 unspecified atom stereocenters. The number of hydrogen-bond donors (Lipinski definition) is 1. The normalized spacial score (nSPS) is 12.2. The molecule has 0 saturated carbocycles. The van der Waals surface area contributed by atoms with E-state index in [-0.39, 0.29) is 13.2 Å². The summed E-state index contributed by atoms with van der Waals surface area (Å²) in [6, 6.07) is 5.45. The van der Waals surface area contributed by atoms with Crippen molar-refractivity contribution in [1.29, 1.82) is 0 Å². The van der Waals surface area contributed by atoms with Gasteiger partial charge in [0, 0.05) is 25.5 Å². The molecule has 0 fully saturated rings. The Labute approximate surface area is 165 Å². The van der Waals surface area contributed by atoms with E-state index in [0.29, 0.717) is 29.7 Å². The van der Waals surface area contributed by atoms with Crippen molar-refractivity contribution in [1.82, 2.24) is 10.3 Å². The molecule has 1 heterocycles. The van der Waals surface area contributed by atoms with Crippen molar-refractivity contribution in [2.45, 2.75) is 59.0 Å². The molecule has 1 N–H and O–H groups in total. The third-order valence-corrected chi connectivity index (χ3v) is 3.85. The molecular formula is C21H29FN2O4. The van der Waals surface area contributed by atoms with Crippen LogP contribution in [0.15, 0.2) is 34.5 Å². The Bertz CT molecular complexity index is 808. The van der Waals surface area contributed by atoms with Crippen LogP contribution < -0.4 is 10.1 Å². The molecule has 6 nitrogen and oxygen atoms in total. The van der Waals surface area contributed by atoms with E-state index in [4.69, 9.17) is 13.9 Å². The number of oxazole rings is 1. The molecule has 0 aliphatic rings. The molecule has 154 valence electrons. The molecule has 0 atom stereocenters. The highest BCUT2D eigenvalue weighted by Crippen LogP contribution is 2.23. The Morgan fingerprint density at radius 1 is 1.36 bits per heavy atom. The fourth-order valence-corrected chi connectivity index (χ4v) is 2.46. The Hall–Kier alpha value is -2.57. The summed E-state index contributed by atoms with van der Waals surface area (Å²) in [5, 5.41) is 2.53. The molecule has 0 aliphatic carbocycles. The van der Waals surface area contributed by atoms with Crippen LogP contribution in [0.2, 0.25) is 0 Å². The van der Waals surface area contributed by atoms with Crippen molar-refractivity contribution in [3.8, 4) is 5.75 Å². The molecule has 7 heteroatoms. The van der Waals surface area contributed by atoms with Crippen molar-refractivity contribution in [2.75, 3.05) is 13.2 Å². The maximum atomic E-state index is 13.1. The number of amides is 1. The van der Waals surface area contributed by atoms with E-state index in [1.165, 1.54) is 0 Å². The number of aromatic nitrogens is 1. The standard InChI is InChI=1S/C21H29FN2O4/c1-5-6-7-19-24-17-9-8-16(12-18(17)27-19)26-11-10-15(13-22)14-23-20(25)28-21(2,3)4/h8-9,12-13H,5-7,10-11,14H2,1-4H3,(H,23,25). The maximum absolute atomic E-state index is 13.1. The van der Waals surface area contributed by atoms with Crippen LogP contribution >= 0.6 is 0 Å². The smallest absolute Gasteiger partial charge is 0.407 e. The van der Waals surface area contributed by atoms with Gasteiger partial charge < -0.3 is 19.2 Å². The predicted octanol–water partition coefficient (Wildman–Crippen LogP) is 5.32. The molecule has 1 amide bonds. The predicted molar refractivity (Wildman–Crippen MR) is 106 cm³/mol. The molecule has 1 aromatic heterocycles. The van der Waals surface area contributed by atoms with E-state index in [1.807, 2.05) is 12.1 Å². The number of hydrogen-bond acceptors (Lipinski definition) is 5. The van der Waals surface area contributed by atoms with Gasteiger partial charge in [-0.1, -0.05) is 13.3 Å². The average molecular weight is 392 g/mol. The lowest BCUT2D eigenvalue weighted by molar-refractivity contribution is 0.0532. The number of carbonyl (C=O) groups excluding carboxylic acids is 1. The molecule has 0 radical (unpaired) electrons. The molecular weight excluding hydrogens is 363 g/mol. The number of nitrogens with zero attached hydrogens (tertiary/aromatic N) is 1. The summed E-state index contributed by atoms with van der Waals surface area (Å²) < 4.78 is 29.6. The van der Waals surface area contributed by atoms with E-state index in [2.05, 4.69) is 17.2 Å². The summed E-state index contributed by atoms with van der Waals surface area (Å²) in [7, 11) is 0. The molecule has 0 saturated heterocycles. The third kappa shape index (κ3) is 7.21. The first-order chi connectivity index (χ1) is 13.3. The van der Waals surface area contributed by atoms with Crippen LogP contribution in [0.4, 0.5) is 9.18 Å². The summed E-state index contributed by atoms with van der Waals surface area (Å²) in [6.45, 7) is 7.77. The molecule has 0 bridgehead atoms. The number of rotatable bonds is 9. The van der Waals surface area contributed by atoms with Gasteiger partial charge >= 0.3 is 6.09 Å².